The molecule has 1 rings (SSSR count). The minimum Gasteiger partial charge on any atom is -0.460 e. The van der Waals surface area contributed by atoms with Crippen molar-refractivity contribution in [2.45, 2.75) is 25.6 Å². The molecular weight excluding hydrogens is 176 g/mol. The summed E-state index contributed by atoms with van der Waals surface area (Å²) in [4.78, 5) is 11.0. The fourth-order valence-electron chi connectivity index (χ4n) is 1.11. The van der Waals surface area contributed by atoms with Gasteiger partial charge in [-0.1, -0.05) is 0 Å². The molecular formula is C8H14O5. The maximum absolute atomic E-state index is 11.0. The minimum absolute atomic E-state index is 0.274. The lowest BCUT2D eigenvalue weighted by Crippen LogP contribution is -2.37. The van der Waals surface area contributed by atoms with Gasteiger partial charge < -0.3 is 19.3 Å². The fourth-order valence-corrected chi connectivity index (χ4v) is 1.11. The lowest BCUT2D eigenvalue weighted by atomic mass is 10.2. The van der Waals surface area contributed by atoms with Crippen LogP contribution in [0.3, 0.4) is 0 Å². The van der Waals surface area contributed by atoms with Crippen LogP contribution in [0.15, 0.2) is 0 Å². The van der Waals surface area contributed by atoms with Gasteiger partial charge in [0.25, 0.3) is 0 Å². The van der Waals surface area contributed by atoms with Crippen LogP contribution in [-0.4, -0.2) is 43.3 Å². The molecule has 1 heterocycles. The van der Waals surface area contributed by atoms with E-state index in [0.29, 0.717) is 13.2 Å². The highest BCUT2D eigenvalue weighted by Gasteiger charge is 2.24. The summed E-state index contributed by atoms with van der Waals surface area (Å²) in [5, 5.41) is 8.55. The van der Waals surface area contributed by atoms with E-state index in [-0.39, 0.29) is 24.6 Å². The first kappa shape index (κ1) is 10.4. The molecule has 2 unspecified atom stereocenters. The molecule has 5 nitrogen and oxygen atoms in total. The highest BCUT2D eigenvalue weighted by atomic mass is 16.6. The van der Waals surface area contributed by atoms with Crippen molar-refractivity contribution in [3.63, 3.8) is 0 Å². The number of aliphatic hydroxyl groups excluding tert-OH is 1. The molecule has 0 spiro atoms. The highest BCUT2D eigenvalue weighted by Crippen LogP contribution is 2.09. The van der Waals surface area contributed by atoms with Crippen LogP contribution in [0.5, 0.6) is 0 Å². The predicted octanol–water partition coefficient (Wildman–Crippen LogP) is -0.327. The first-order valence-corrected chi connectivity index (χ1v) is 4.23. The number of aliphatic hydroxyl groups is 1. The van der Waals surface area contributed by atoms with Gasteiger partial charge in [0.05, 0.1) is 19.6 Å². The van der Waals surface area contributed by atoms with Gasteiger partial charge in [-0.2, -0.15) is 0 Å². The van der Waals surface area contributed by atoms with E-state index in [9.17, 15) is 4.79 Å². The van der Waals surface area contributed by atoms with E-state index in [4.69, 9.17) is 19.3 Å². The van der Waals surface area contributed by atoms with E-state index in [2.05, 4.69) is 0 Å². The van der Waals surface area contributed by atoms with Crippen LogP contribution in [0.25, 0.3) is 0 Å². The Bertz CT molecular complexity index is 170. The van der Waals surface area contributed by atoms with Gasteiger partial charge in [0.15, 0.2) is 0 Å². The van der Waals surface area contributed by atoms with Crippen molar-refractivity contribution in [2.75, 3.05) is 20.0 Å². The van der Waals surface area contributed by atoms with Gasteiger partial charge in [0.2, 0.25) is 0 Å². The Morgan fingerprint density at radius 2 is 2.46 bits per heavy atom. The lowest BCUT2D eigenvalue weighted by molar-refractivity contribution is -0.175. The topological polar surface area (TPSA) is 65.0 Å². The normalized spacial score (nSPS) is 30.5. The summed E-state index contributed by atoms with van der Waals surface area (Å²) in [5.74, 6) is -0.293. The Morgan fingerprint density at radius 3 is 3.15 bits per heavy atom. The molecule has 0 bridgehead atoms. The molecule has 0 amide bonds. The summed E-state index contributed by atoms with van der Waals surface area (Å²) >= 11 is 0. The molecule has 0 aromatic carbocycles. The second-order valence-corrected chi connectivity index (χ2v) is 2.85. The Balaban J connectivity index is 2.45. The maximum Gasteiger partial charge on any atom is 0.308 e. The molecule has 0 aromatic rings. The van der Waals surface area contributed by atoms with Gasteiger partial charge in [-0.05, 0) is 6.92 Å². The van der Waals surface area contributed by atoms with Crippen molar-refractivity contribution in [3.8, 4) is 0 Å². The zero-order chi connectivity index (χ0) is 9.68. The number of rotatable bonds is 2. The highest BCUT2D eigenvalue weighted by molar-refractivity contribution is 5.69. The molecule has 1 saturated heterocycles. The van der Waals surface area contributed by atoms with Gasteiger partial charge in [0.1, 0.15) is 19.0 Å². The van der Waals surface area contributed by atoms with Gasteiger partial charge in [0, 0.05) is 0 Å². The van der Waals surface area contributed by atoms with Crippen molar-refractivity contribution in [2.24, 2.45) is 0 Å². The molecule has 1 fully saturated rings. The molecule has 1 aliphatic heterocycles. The van der Waals surface area contributed by atoms with E-state index in [1.165, 1.54) is 0 Å². The van der Waals surface area contributed by atoms with E-state index in [0.717, 1.165) is 0 Å². The summed E-state index contributed by atoms with van der Waals surface area (Å²) in [6.45, 7) is 2.01. The minimum atomic E-state index is -0.393. The number of ether oxygens (including phenoxy) is 3. The van der Waals surface area contributed by atoms with E-state index in [1.54, 1.807) is 6.92 Å². The van der Waals surface area contributed by atoms with Crippen LogP contribution in [0.1, 0.15) is 13.3 Å². The number of hydrogen-bond donors (Lipinski definition) is 1. The number of carbonyl (C=O) groups excluding carboxylic acids is 1. The Morgan fingerprint density at radius 1 is 1.69 bits per heavy atom. The van der Waals surface area contributed by atoms with Crippen molar-refractivity contribution in [1.82, 2.24) is 0 Å². The average Bonchev–Trinajstić information content (AvgIpc) is 2.08. The van der Waals surface area contributed by atoms with Crippen molar-refractivity contribution >= 4 is 5.97 Å². The zero-order valence-corrected chi connectivity index (χ0v) is 7.56. The molecule has 0 aliphatic carbocycles. The summed E-state index contributed by atoms with van der Waals surface area (Å²) < 4.78 is 15.1. The monoisotopic (exact) mass is 190 g/mol. The molecule has 76 valence electrons. The quantitative estimate of drug-likeness (QED) is 0.477. The van der Waals surface area contributed by atoms with E-state index >= 15 is 0 Å². The lowest BCUT2D eigenvalue weighted by Gasteiger charge is -2.25. The first-order valence-electron chi connectivity index (χ1n) is 4.23. The number of esters is 1. The van der Waals surface area contributed by atoms with Crippen LogP contribution < -0.4 is 0 Å². The third kappa shape index (κ3) is 3.30. The second kappa shape index (κ2) is 5.16. The fraction of sp³-hybridized carbons (Fsp3) is 0.875. The number of hydrogen-bond acceptors (Lipinski definition) is 5. The number of cyclic esters (lactones) is 1. The average molecular weight is 190 g/mol. The SMILES string of the molecule is CC1OC(=O)CCOCC1OCO. The third-order valence-corrected chi connectivity index (χ3v) is 1.86. The van der Waals surface area contributed by atoms with Gasteiger partial charge in [-0.3, -0.25) is 4.79 Å². The van der Waals surface area contributed by atoms with Crippen molar-refractivity contribution < 1.29 is 24.1 Å². The van der Waals surface area contributed by atoms with Gasteiger partial charge >= 0.3 is 5.97 Å². The molecule has 1 N–H and O–H groups in total. The van der Waals surface area contributed by atoms with Gasteiger partial charge in [-0.15, -0.1) is 0 Å². The summed E-state index contributed by atoms with van der Waals surface area (Å²) in [5.41, 5.74) is 0. The van der Waals surface area contributed by atoms with E-state index in [1.807, 2.05) is 0 Å². The molecule has 1 aliphatic rings. The Labute approximate surface area is 76.6 Å². The first-order chi connectivity index (χ1) is 6.24. The Kier molecular flexibility index (Phi) is 4.14. The summed E-state index contributed by atoms with van der Waals surface area (Å²) in [7, 11) is 0. The molecule has 0 radical (unpaired) electrons. The Hall–Kier alpha value is -0.650. The zero-order valence-electron chi connectivity index (χ0n) is 7.56. The molecule has 2 atom stereocenters. The predicted molar refractivity (Wildman–Crippen MR) is 42.9 cm³/mol. The standard InChI is InChI=1S/C8H14O5/c1-6-7(12-5-9)4-11-3-2-8(10)13-6/h6-7,9H,2-5H2,1H3. The second-order valence-electron chi connectivity index (χ2n) is 2.85. The molecule has 13 heavy (non-hydrogen) atoms. The van der Waals surface area contributed by atoms with Crippen molar-refractivity contribution in [1.29, 1.82) is 0 Å². The summed E-state index contributed by atoms with van der Waals surface area (Å²) in [6, 6.07) is 0. The number of carbonyl (C=O) groups is 1. The largest absolute Gasteiger partial charge is 0.460 e. The smallest absolute Gasteiger partial charge is 0.308 e. The van der Waals surface area contributed by atoms with E-state index < -0.39 is 6.79 Å². The van der Waals surface area contributed by atoms with Crippen molar-refractivity contribution in [3.05, 3.63) is 0 Å². The molecule has 0 aromatic heterocycles. The van der Waals surface area contributed by atoms with Crippen LogP contribution in [0.2, 0.25) is 0 Å². The summed E-state index contributed by atoms with van der Waals surface area (Å²) in [6.07, 6.45) is -0.481. The maximum atomic E-state index is 11.0. The van der Waals surface area contributed by atoms with Crippen LogP contribution in [-0.2, 0) is 19.0 Å². The van der Waals surface area contributed by atoms with Crippen LogP contribution >= 0.6 is 0 Å². The van der Waals surface area contributed by atoms with Crippen LogP contribution in [0, 0.1) is 0 Å². The molecule has 0 saturated carbocycles. The third-order valence-electron chi connectivity index (χ3n) is 1.86. The van der Waals surface area contributed by atoms with Crippen LogP contribution in [0.4, 0.5) is 0 Å². The molecule has 5 heteroatoms. The van der Waals surface area contributed by atoms with Gasteiger partial charge in [-0.25, -0.2) is 0 Å².